The molecule has 0 unspecified atom stereocenters. The van der Waals surface area contributed by atoms with Crippen molar-refractivity contribution in [2.45, 2.75) is 13.0 Å². The number of hydrogen-bond donors (Lipinski definition) is 2. The van der Waals surface area contributed by atoms with Crippen molar-refractivity contribution in [3.8, 4) is 0 Å². The molecule has 1 aromatic carbocycles. The number of benzene rings is 1. The normalized spacial score (nSPS) is 13.4. The van der Waals surface area contributed by atoms with Crippen molar-refractivity contribution in [1.82, 2.24) is 5.32 Å². The molecule has 0 aliphatic heterocycles. The summed E-state index contributed by atoms with van der Waals surface area (Å²) in [6.45, 7) is 0.172. The smallest absolute Gasteiger partial charge is 0.0717 e. The summed E-state index contributed by atoms with van der Waals surface area (Å²) in [6.07, 6.45) is 0.0890. The van der Waals surface area contributed by atoms with E-state index in [1.54, 1.807) is 0 Å². The average Bonchev–Trinajstić information content (AvgIpc) is 2.28. The topological polar surface area (TPSA) is 41.5 Å². The SMILES string of the molecule is [2H]C([2H])(O)CCNCCOCc1ccccc1. The molecule has 0 amide bonds. The van der Waals surface area contributed by atoms with Crippen molar-refractivity contribution in [3.05, 3.63) is 35.9 Å². The van der Waals surface area contributed by atoms with Gasteiger partial charge in [0, 0.05) is 13.1 Å². The molecule has 0 aliphatic rings. The second-order valence-electron chi connectivity index (χ2n) is 3.20. The predicted molar refractivity (Wildman–Crippen MR) is 60.7 cm³/mol. The largest absolute Gasteiger partial charge is 0.396 e. The third kappa shape index (κ3) is 6.23. The van der Waals surface area contributed by atoms with E-state index in [0.717, 1.165) is 5.56 Å². The molecule has 0 radical (unpaired) electrons. The molecular weight excluding hydrogens is 190 g/mol. The molecule has 2 N–H and O–H groups in total. The van der Waals surface area contributed by atoms with Crippen LogP contribution in [-0.4, -0.2) is 31.4 Å². The first-order valence-electron chi connectivity index (χ1n) is 6.13. The van der Waals surface area contributed by atoms with Crippen LogP contribution in [0, 0.1) is 0 Å². The van der Waals surface area contributed by atoms with Crippen LogP contribution in [0.25, 0.3) is 0 Å². The highest BCUT2D eigenvalue weighted by Crippen LogP contribution is 1.99. The Labute approximate surface area is 93.9 Å². The molecule has 0 saturated carbocycles. The van der Waals surface area contributed by atoms with Crippen LogP contribution in [0.15, 0.2) is 30.3 Å². The van der Waals surface area contributed by atoms with Gasteiger partial charge in [-0.05, 0) is 18.5 Å². The molecular formula is C12H19NO2. The van der Waals surface area contributed by atoms with Gasteiger partial charge < -0.3 is 15.2 Å². The van der Waals surface area contributed by atoms with Crippen molar-refractivity contribution >= 4 is 0 Å². The average molecular weight is 211 g/mol. The second kappa shape index (κ2) is 8.41. The van der Waals surface area contributed by atoms with Crippen LogP contribution in [-0.2, 0) is 11.3 Å². The van der Waals surface area contributed by atoms with Crippen molar-refractivity contribution in [1.29, 1.82) is 0 Å². The van der Waals surface area contributed by atoms with Crippen molar-refractivity contribution in [2.24, 2.45) is 0 Å². The van der Waals surface area contributed by atoms with E-state index in [1.807, 2.05) is 30.3 Å². The van der Waals surface area contributed by atoms with Crippen LogP contribution in [0.2, 0.25) is 0 Å². The zero-order chi connectivity index (χ0) is 12.6. The third-order valence-corrected chi connectivity index (χ3v) is 1.95. The molecule has 0 aliphatic carbocycles. The van der Waals surface area contributed by atoms with Crippen LogP contribution in [0.1, 0.15) is 14.7 Å². The van der Waals surface area contributed by atoms with Crippen LogP contribution in [0.3, 0.4) is 0 Å². The van der Waals surface area contributed by atoms with Gasteiger partial charge in [-0.2, -0.15) is 0 Å². The summed E-state index contributed by atoms with van der Waals surface area (Å²) in [5.41, 5.74) is 1.14. The molecule has 0 atom stereocenters. The lowest BCUT2D eigenvalue weighted by Gasteiger charge is -2.05. The maximum atomic E-state index is 8.83. The van der Waals surface area contributed by atoms with Gasteiger partial charge in [-0.25, -0.2) is 0 Å². The molecule has 0 fully saturated rings. The first-order valence-corrected chi connectivity index (χ1v) is 5.13. The van der Waals surface area contributed by atoms with E-state index in [1.165, 1.54) is 0 Å². The van der Waals surface area contributed by atoms with Crippen LogP contribution >= 0.6 is 0 Å². The molecule has 3 nitrogen and oxygen atoms in total. The second-order valence-corrected chi connectivity index (χ2v) is 3.20. The Balaban J connectivity index is 1.95. The minimum atomic E-state index is -2.09. The Morgan fingerprint density at radius 2 is 2.07 bits per heavy atom. The maximum absolute atomic E-state index is 8.83. The summed E-state index contributed by atoms with van der Waals surface area (Å²) in [5, 5.41) is 11.8. The third-order valence-electron chi connectivity index (χ3n) is 1.95. The maximum Gasteiger partial charge on any atom is 0.0717 e. The summed E-state index contributed by atoms with van der Waals surface area (Å²) in [5.74, 6) is 0. The lowest BCUT2D eigenvalue weighted by molar-refractivity contribution is 0.122. The van der Waals surface area contributed by atoms with Gasteiger partial charge in [0.05, 0.1) is 16.0 Å². The Hall–Kier alpha value is -0.900. The lowest BCUT2D eigenvalue weighted by Crippen LogP contribution is -2.21. The van der Waals surface area contributed by atoms with E-state index in [2.05, 4.69) is 5.32 Å². The molecule has 0 heterocycles. The first-order chi connectivity index (χ1) is 8.08. The number of rotatable bonds is 8. The highest BCUT2D eigenvalue weighted by Gasteiger charge is 1.91. The summed E-state index contributed by atoms with van der Waals surface area (Å²) < 4.78 is 19.3. The minimum absolute atomic E-state index is 0.0890. The highest BCUT2D eigenvalue weighted by molar-refractivity contribution is 5.13. The van der Waals surface area contributed by atoms with Gasteiger partial charge in [0.2, 0.25) is 0 Å². The van der Waals surface area contributed by atoms with Gasteiger partial charge in [0.1, 0.15) is 0 Å². The molecule has 1 aromatic rings. The molecule has 15 heavy (non-hydrogen) atoms. The van der Waals surface area contributed by atoms with Crippen molar-refractivity contribution < 1.29 is 12.6 Å². The Morgan fingerprint density at radius 3 is 2.80 bits per heavy atom. The van der Waals surface area contributed by atoms with Gasteiger partial charge in [-0.1, -0.05) is 30.3 Å². The molecule has 0 saturated heterocycles. The lowest BCUT2D eigenvalue weighted by atomic mass is 10.2. The van der Waals surface area contributed by atoms with Crippen LogP contribution < -0.4 is 5.32 Å². The van der Waals surface area contributed by atoms with E-state index in [0.29, 0.717) is 26.3 Å². The van der Waals surface area contributed by atoms with E-state index < -0.39 is 6.56 Å². The molecule has 3 heteroatoms. The summed E-state index contributed by atoms with van der Waals surface area (Å²) in [6, 6.07) is 9.93. The fourth-order valence-corrected chi connectivity index (χ4v) is 1.18. The first kappa shape index (κ1) is 9.33. The summed E-state index contributed by atoms with van der Waals surface area (Å²) in [7, 11) is 0. The number of hydrogen-bond acceptors (Lipinski definition) is 3. The molecule has 84 valence electrons. The standard InChI is InChI=1S/C12H19NO2/c14-9-4-7-13-8-10-15-11-12-5-2-1-3-6-12/h1-3,5-6,13-14H,4,7-11H2/i9D2. The molecule has 1 rings (SSSR count). The van der Waals surface area contributed by atoms with Crippen LogP contribution in [0.4, 0.5) is 0 Å². The highest BCUT2D eigenvalue weighted by atomic mass is 16.5. The van der Waals surface area contributed by atoms with Crippen molar-refractivity contribution in [3.63, 3.8) is 0 Å². The minimum Gasteiger partial charge on any atom is -0.396 e. The Bertz CT molecular complexity index is 301. The van der Waals surface area contributed by atoms with Crippen molar-refractivity contribution in [2.75, 3.05) is 26.3 Å². The van der Waals surface area contributed by atoms with Gasteiger partial charge in [0.15, 0.2) is 0 Å². The molecule has 0 bridgehead atoms. The molecule has 0 spiro atoms. The van der Waals surface area contributed by atoms with E-state index >= 15 is 0 Å². The van der Waals surface area contributed by atoms with Gasteiger partial charge >= 0.3 is 0 Å². The van der Waals surface area contributed by atoms with Gasteiger partial charge in [0.25, 0.3) is 0 Å². The number of ether oxygens (including phenoxy) is 1. The Morgan fingerprint density at radius 1 is 1.27 bits per heavy atom. The van der Waals surface area contributed by atoms with E-state index in [4.69, 9.17) is 12.6 Å². The Kier molecular flexibility index (Phi) is 5.23. The number of aliphatic hydroxyl groups is 1. The predicted octanol–water partition coefficient (Wildman–Crippen LogP) is 1.18. The van der Waals surface area contributed by atoms with Gasteiger partial charge in [-0.3, -0.25) is 0 Å². The zero-order valence-electron chi connectivity index (χ0n) is 10.8. The quantitative estimate of drug-likeness (QED) is 0.634. The van der Waals surface area contributed by atoms with E-state index in [-0.39, 0.29) is 6.42 Å². The fraction of sp³-hybridized carbons (Fsp3) is 0.500. The van der Waals surface area contributed by atoms with Crippen LogP contribution in [0.5, 0.6) is 0 Å². The summed E-state index contributed by atoms with van der Waals surface area (Å²) >= 11 is 0. The van der Waals surface area contributed by atoms with E-state index in [9.17, 15) is 0 Å². The molecule has 0 aromatic heterocycles. The number of nitrogens with one attached hydrogen (secondary N) is 1. The zero-order valence-corrected chi connectivity index (χ0v) is 8.78. The monoisotopic (exact) mass is 211 g/mol. The summed E-state index contributed by atoms with van der Waals surface area (Å²) in [4.78, 5) is 0. The van der Waals surface area contributed by atoms with Gasteiger partial charge in [-0.15, -0.1) is 0 Å². The fourth-order valence-electron chi connectivity index (χ4n) is 1.18.